The Morgan fingerprint density at radius 2 is 1.43 bits per heavy atom. The molecule has 5 nitrogen and oxygen atoms in total. The largest absolute Gasteiger partial charge is 0.435 e. The number of nitriles is 1. The maximum absolute atomic E-state index is 15.4. The second kappa shape index (κ2) is 11.5. The number of hydrogen-bond acceptors (Lipinski definition) is 3. The van der Waals surface area contributed by atoms with Crippen molar-refractivity contribution >= 4 is 68.4 Å². The molecule has 0 fully saturated rings. The highest BCUT2D eigenvalue weighted by molar-refractivity contribution is 14.1. The molecule has 1 N–H and O–H groups in total. The summed E-state index contributed by atoms with van der Waals surface area (Å²) in [5.74, 6) is -2.96. The molecule has 3 aromatic rings. The molecule has 15 heteroatoms. The van der Waals surface area contributed by atoms with Gasteiger partial charge in [0.1, 0.15) is 0 Å². The van der Waals surface area contributed by atoms with E-state index in [2.05, 4.69) is 5.32 Å². The van der Waals surface area contributed by atoms with E-state index in [0.29, 0.717) is 0 Å². The monoisotopic (exact) mass is 793 g/mol. The summed E-state index contributed by atoms with van der Waals surface area (Å²) >= 11 is 2.64. The van der Waals surface area contributed by atoms with E-state index in [9.17, 15) is 40.3 Å². The number of anilines is 2. The molecular weight excluding hydrogens is 780 g/mol. The lowest BCUT2D eigenvalue weighted by Gasteiger charge is -2.31. The minimum Gasteiger partial charge on any atom is -0.320 e. The van der Waals surface area contributed by atoms with Gasteiger partial charge in [-0.15, -0.1) is 0 Å². The Balaban J connectivity index is 1.94. The average Bonchev–Trinajstić information content (AvgIpc) is 2.88. The molecule has 0 bridgehead atoms. The van der Waals surface area contributed by atoms with Crippen molar-refractivity contribution in [3.8, 4) is 6.07 Å². The van der Waals surface area contributed by atoms with E-state index in [-0.39, 0.29) is 41.8 Å². The van der Waals surface area contributed by atoms with Crippen LogP contribution in [0.4, 0.5) is 46.5 Å². The fraction of sp³-hybridized carbons (Fsp3) is 0.160. The molecule has 0 aliphatic rings. The zero-order valence-corrected chi connectivity index (χ0v) is 24.0. The van der Waals surface area contributed by atoms with Crippen LogP contribution in [0.3, 0.4) is 0 Å². The normalized spacial score (nSPS) is 12.1. The highest BCUT2D eigenvalue weighted by Gasteiger charge is 2.73. The van der Waals surface area contributed by atoms with E-state index in [1.54, 1.807) is 0 Å². The Kier molecular flexibility index (Phi) is 9.03. The fourth-order valence-electron chi connectivity index (χ4n) is 3.50. The van der Waals surface area contributed by atoms with Crippen molar-refractivity contribution in [2.24, 2.45) is 0 Å². The van der Waals surface area contributed by atoms with Crippen LogP contribution in [0.5, 0.6) is 0 Å². The third-order valence-electron chi connectivity index (χ3n) is 5.61. The first-order chi connectivity index (χ1) is 18.4. The summed E-state index contributed by atoms with van der Waals surface area (Å²) in [4.78, 5) is 26.6. The molecule has 0 aliphatic heterocycles. The number of nitrogens with zero attached hydrogens (tertiary/aromatic N) is 2. The van der Waals surface area contributed by atoms with E-state index < -0.39 is 46.8 Å². The molecule has 0 saturated heterocycles. The van der Waals surface area contributed by atoms with Gasteiger partial charge in [0.2, 0.25) is 0 Å². The van der Waals surface area contributed by atoms with Gasteiger partial charge in [-0.2, -0.15) is 31.6 Å². The van der Waals surface area contributed by atoms with E-state index >= 15 is 4.39 Å². The van der Waals surface area contributed by atoms with Gasteiger partial charge in [0.05, 0.1) is 28.6 Å². The molecule has 3 rings (SSSR count). The second-order valence-corrected chi connectivity index (χ2v) is 10.4. The Morgan fingerprint density at radius 3 is 1.90 bits per heavy atom. The first-order valence-electron chi connectivity index (χ1n) is 10.6. The maximum atomic E-state index is 15.4. The van der Waals surface area contributed by atoms with Crippen LogP contribution in [0.15, 0.2) is 54.6 Å². The van der Waals surface area contributed by atoms with Crippen molar-refractivity contribution < 1.29 is 44.7 Å². The molecular formula is C25H13F8I2N3O2. The Hall–Kier alpha value is -3.01. The molecule has 3 aromatic carbocycles. The zero-order valence-electron chi connectivity index (χ0n) is 19.7. The number of carbonyl (C=O) groups excluding carboxylic acids is 2. The number of carbonyl (C=O) groups is 2. The summed E-state index contributed by atoms with van der Waals surface area (Å²) in [6, 6.07) is 11.4. The fourth-order valence-corrected chi connectivity index (χ4v) is 5.54. The molecule has 0 aromatic heterocycles. The van der Waals surface area contributed by atoms with Gasteiger partial charge in [-0.3, -0.25) is 9.59 Å². The zero-order chi connectivity index (χ0) is 30.2. The van der Waals surface area contributed by atoms with Crippen molar-refractivity contribution in [2.75, 3.05) is 17.3 Å². The van der Waals surface area contributed by atoms with Gasteiger partial charge in [0.25, 0.3) is 11.8 Å². The number of hydrogen-bond donors (Lipinski definition) is 1. The van der Waals surface area contributed by atoms with E-state index in [1.807, 2.05) is 6.07 Å². The van der Waals surface area contributed by atoms with Crippen LogP contribution in [0.1, 0.15) is 31.8 Å². The number of benzene rings is 3. The van der Waals surface area contributed by atoms with Crippen LogP contribution in [0.25, 0.3) is 0 Å². The summed E-state index contributed by atoms with van der Waals surface area (Å²) in [7, 11) is 1.23. The lowest BCUT2D eigenvalue weighted by molar-refractivity contribution is -0.348. The molecule has 40 heavy (non-hydrogen) atoms. The second-order valence-electron chi connectivity index (χ2n) is 8.12. The smallest absolute Gasteiger partial charge is 0.320 e. The third kappa shape index (κ3) is 5.87. The Morgan fingerprint density at radius 1 is 0.900 bits per heavy atom. The van der Waals surface area contributed by atoms with Gasteiger partial charge in [-0.1, -0.05) is 6.07 Å². The maximum Gasteiger partial charge on any atom is 0.435 e. The Labute approximate surface area is 248 Å². The van der Waals surface area contributed by atoms with Crippen molar-refractivity contribution in [1.29, 1.82) is 5.26 Å². The van der Waals surface area contributed by atoms with Crippen molar-refractivity contribution in [2.45, 2.75) is 18.0 Å². The molecule has 0 atom stereocenters. The number of amides is 2. The van der Waals surface area contributed by atoms with Gasteiger partial charge in [-0.25, -0.2) is 8.78 Å². The van der Waals surface area contributed by atoms with Crippen LogP contribution >= 0.6 is 45.2 Å². The quantitative estimate of drug-likeness (QED) is 0.213. The molecule has 0 radical (unpaired) electrons. The number of rotatable bonds is 5. The average molecular weight is 793 g/mol. The van der Waals surface area contributed by atoms with Gasteiger partial charge >= 0.3 is 18.0 Å². The van der Waals surface area contributed by atoms with Gasteiger partial charge < -0.3 is 10.2 Å². The van der Waals surface area contributed by atoms with Crippen molar-refractivity contribution in [3.05, 3.63) is 89.8 Å². The summed E-state index contributed by atoms with van der Waals surface area (Å²) in [5.41, 5.74) is -8.22. The lowest BCUT2D eigenvalue weighted by Crippen LogP contribution is -2.50. The number of halogens is 10. The van der Waals surface area contributed by atoms with Crippen molar-refractivity contribution in [1.82, 2.24) is 0 Å². The molecule has 0 heterocycles. The van der Waals surface area contributed by atoms with Gasteiger partial charge in [-0.05, 0) is 93.7 Å². The minimum atomic E-state index is -6.33. The van der Waals surface area contributed by atoms with Crippen LogP contribution in [-0.2, 0) is 5.67 Å². The standard InChI is InChI=1S/C25H13F8I2N3O2/c1-38(22(40)13-7-5-12(11-36)6-8-13)18-4-2-3-15(19(18)26)21(39)37-20-16(34)9-14(10-17(20)35)23(27,24(28,29)30)25(31,32)33/h2-10H,1H3,(H,37,39). The summed E-state index contributed by atoms with van der Waals surface area (Å²) in [6.07, 6.45) is -12.7. The number of alkyl halides is 7. The third-order valence-corrected chi connectivity index (χ3v) is 7.31. The highest BCUT2D eigenvalue weighted by atomic mass is 127. The first-order valence-corrected chi connectivity index (χ1v) is 12.8. The molecule has 0 unspecified atom stereocenters. The van der Waals surface area contributed by atoms with Crippen LogP contribution in [0, 0.1) is 24.3 Å². The molecule has 0 spiro atoms. The highest BCUT2D eigenvalue weighted by Crippen LogP contribution is 2.54. The van der Waals surface area contributed by atoms with Crippen molar-refractivity contribution in [3.63, 3.8) is 0 Å². The van der Waals surface area contributed by atoms with Crippen LogP contribution < -0.4 is 10.2 Å². The SMILES string of the molecule is CN(C(=O)c1ccc(C#N)cc1)c1cccc(C(=O)Nc2c(I)cc(C(F)(C(F)(F)F)C(F)(F)F)cc2I)c1F. The summed E-state index contributed by atoms with van der Waals surface area (Å²) < 4.78 is 108. The molecule has 0 saturated carbocycles. The van der Waals surface area contributed by atoms with Crippen LogP contribution in [0.2, 0.25) is 0 Å². The first kappa shape index (κ1) is 31.5. The molecule has 210 valence electrons. The van der Waals surface area contributed by atoms with Gasteiger partial charge in [0.15, 0.2) is 5.82 Å². The van der Waals surface area contributed by atoms with E-state index in [1.165, 1.54) is 88.6 Å². The van der Waals surface area contributed by atoms with Crippen LogP contribution in [-0.4, -0.2) is 31.2 Å². The predicted octanol–water partition coefficient (Wildman–Crippen LogP) is 7.72. The number of nitrogens with one attached hydrogen (secondary N) is 1. The molecule has 0 aliphatic carbocycles. The molecule has 2 amide bonds. The lowest BCUT2D eigenvalue weighted by atomic mass is 9.94. The minimum absolute atomic E-state index is 0.113. The summed E-state index contributed by atoms with van der Waals surface area (Å²) in [6.45, 7) is 0. The van der Waals surface area contributed by atoms with E-state index in [4.69, 9.17) is 5.26 Å². The van der Waals surface area contributed by atoms with Gasteiger partial charge in [0, 0.05) is 25.3 Å². The Bertz CT molecular complexity index is 1480. The summed E-state index contributed by atoms with van der Waals surface area (Å²) in [5, 5.41) is 11.1. The van der Waals surface area contributed by atoms with E-state index in [0.717, 1.165) is 11.0 Å². The topological polar surface area (TPSA) is 73.2 Å². The predicted molar refractivity (Wildman–Crippen MR) is 145 cm³/mol.